The fraction of sp³-hybridized carbons (Fsp3) is 0.182. The molecule has 0 saturated carbocycles. The Balaban J connectivity index is 1.49. The predicted octanol–water partition coefficient (Wildman–Crippen LogP) is 5.35. The molecule has 0 saturated heterocycles. The first-order valence-corrected chi connectivity index (χ1v) is 10.4. The van der Waals surface area contributed by atoms with Crippen LogP contribution in [0.2, 0.25) is 0 Å². The van der Waals surface area contributed by atoms with E-state index in [0.717, 1.165) is 0 Å². The van der Waals surface area contributed by atoms with Gasteiger partial charge >= 0.3 is 0 Å². The maximum atomic E-state index is 13.1. The van der Waals surface area contributed by atoms with E-state index in [1.165, 1.54) is 23.5 Å². The third-order valence-corrected chi connectivity index (χ3v) is 5.29. The Morgan fingerprint density at radius 1 is 1.10 bits per heavy atom. The highest BCUT2D eigenvalue weighted by Gasteiger charge is 2.19. The standard InChI is InChI=1S/C22H19FN4O3S/c1-12(2)29-17-10-6-15(7-11-17)20(28)26-22-24-13(3)18(31-22)21-25-19(27-30-21)14-4-8-16(23)9-5-14/h4-12H,1-3H3,(H,24,26,28). The van der Waals surface area contributed by atoms with Gasteiger partial charge in [-0.05, 0) is 69.3 Å². The van der Waals surface area contributed by atoms with E-state index < -0.39 is 0 Å². The molecule has 4 aromatic rings. The van der Waals surface area contributed by atoms with Crippen LogP contribution in [0.25, 0.3) is 22.2 Å². The third-order valence-electron chi connectivity index (χ3n) is 4.23. The Morgan fingerprint density at radius 3 is 2.48 bits per heavy atom. The average Bonchev–Trinajstić information content (AvgIpc) is 3.35. The van der Waals surface area contributed by atoms with Gasteiger partial charge in [0.1, 0.15) is 16.4 Å². The summed E-state index contributed by atoms with van der Waals surface area (Å²) in [7, 11) is 0. The molecule has 0 bridgehead atoms. The highest BCUT2D eigenvalue weighted by atomic mass is 32.1. The fourth-order valence-electron chi connectivity index (χ4n) is 2.81. The fourth-order valence-corrected chi connectivity index (χ4v) is 3.69. The number of nitrogens with zero attached hydrogens (tertiary/aromatic N) is 3. The van der Waals surface area contributed by atoms with Gasteiger partial charge in [0, 0.05) is 11.1 Å². The predicted molar refractivity (Wildman–Crippen MR) is 116 cm³/mol. The Morgan fingerprint density at radius 2 is 1.81 bits per heavy atom. The Kier molecular flexibility index (Phi) is 5.77. The van der Waals surface area contributed by atoms with Crippen molar-refractivity contribution in [1.82, 2.24) is 15.1 Å². The molecule has 9 heteroatoms. The molecule has 1 N–H and O–H groups in total. The Labute approximate surface area is 181 Å². The normalized spacial score (nSPS) is 11.0. The van der Waals surface area contributed by atoms with Crippen LogP contribution in [-0.4, -0.2) is 27.1 Å². The number of ether oxygens (including phenoxy) is 1. The van der Waals surface area contributed by atoms with Crippen molar-refractivity contribution < 1.29 is 18.4 Å². The van der Waals surface area contributed by atoms with Crippen molar-refractivity contribution in [2.75, 3.05) is 5.32 Å². The van der Waals surface area contributed by atoms with Crippen molar-refractivity contribution in [2.45, 2.75) is 26.9 Å². The first-order valence-electron chi connectivity index (χ1n) is 9.54. The number of hydrogen-bond acceptors (Lipinski definition) is 7. The van der Waals surface area contributed by atoms with E-state index in [1.807, 2.05) is 13.8 Å². The lowest BCUT2D eigenvalue weighted by molar-refractivity contribution is 0.102. The number of carbonyl (C=O) groups excluding carboxylic acids is 1. The molecule has 7 nitrogen and oxygen atoms in total. The van der Waals surface area contributed by atoms with Gasteiger partial charge in [0.05, 0.1) is 11.8 Å². The molecule has 1 amide bonds. The average molecular weight is 438 g/mol. The number of thiazole rings is 1. The highest BCUT2D eigenvalue weighted by molar-refractivity contribution is 7.19. The number of amides is 1. The molecule has 0 aliphatic carbocycles. The van der Waals surface area contributed by atoms with Crippen molar-refractivity contribution in [2.24, 2.45) is 0 Å². The Hall–Kier alpha value is -3.59. The second-order valence-electron chi connectivity index (χ2n) is 7.01. The lowest BCUT2D eigenvalue weighted by Gasteiger charge is -2.09. The molecule has 158 valence electrons. The van der Waals surface area contributed by atoms with Crippen LogP contribution >= 0.6 is 11.3 Å². The van der Waals surface area contributed by atoms with Gasteiger partial charge in [0.25, 0.3) is 11.8 Å². The van der Waals surface area contributed by atoms with E-state index in [9.17, 15) is 9.18 Å². The van der Waals surface area contributed by atoms with Crippen LogP contribution in [0.5, 0.6) is 5.75 Å². The van der Waals surface area contributed by atoms with Crippen LogP contribution in [0, 0.1) is 12.7 Å². The number of aromatic nitrogens is 3. The third kappa shape index (κ3) is 4.77. The largest absolute Gasteiger partial charge is 0.491 e. The molecule has 0 atom stereocenters. The first-order chi connectivity index (χ1) is 14.9. The van der Waals surface area contributed by atoms with E-state index in [1.54, 1.807) is 43.3 Å². The van der Waals surface area contributed by atoms with Crippen molar-refractivity contribution in [1.29, 1.82) is 0 Å². The van der Waals surface area contributed by atoms with Gasteiger partial charge in [-0.15, -0.1) is 0 Å². The molecule has 2 heterocycles. The number of rotatable bonds is 6. The molecule has 0 radical (unpaired) electrons. The van der Waals surface area contributed by atoms with Crippen molar-refractivity contribution in [3.63, 3.8) is 0 Å². The molecule has 0 aliphatic rings. The van der Waals surface area contributed by atoms with Gasteiger partial charge in [-0.3, -0.25) is 10.1 Å². The quantitative estimate of drug-likeness (QED) is 0.437. The van der Waals surface area contributed by atoms with Crippen molar-refractivity contribution >= 4 is 22.4 Å². The minimum Gasteiger partial charge on any atom is -0.491 e. The summed E-state index contributed by atoms with van der Waals surface area (Å²) < 4.78 is 24.1. The molecule has 0 aliphatic heterocycles. The van der Waals surface area contributed by atoms with Gasteiger partial charge in [0.2, 0.25) is 5.82 Å². The minimum absolute atomic E-state index is 0.0599. The van der Waals surface area contributed by atoms with Gasteiger partial charge < -0.3 is 9.26 Å². The summed E-state index contributed by atoms with van der Waals surface area (Å²) in [6, 6.07) is 12.7. The summed E-state index contributed by atoms with van der Waals surface area (Å²) in [6.07, 6.45) is 0.0599. The zero-order valence-corrected chi connectivity index (χ0v) is 17.9. The second kappa shape index (κ2) is 8.65. The van der Waals surface area contributed by atoms with Gasteiger partial charge in [0.15, 0.2) is 5.13 Å². The zero-order chi connectivity index (χ0) is 22.0. The molecule has 0 fully saturated rings. The smallest absolute Gasteiger partial charge is 0.270 e. The van der Waals surface area contributed by atoms with Gasteiger partial charge in [-0.25, -0.2) is 9.37 Å². The molecule has 2 aromatic carbocycles. The Bertz CT molecular complexity index is 1200. The van der Waals surface area contributed by atoms with E-state index in [2.05, 4.69) is 20.4 Å². The molecular weight excluding hydrogens is 419 g/mol. The molecule has 4 rings (SSSR count). The van der Waals surface area contributed by atoms with Gasteiger partial charge in [-0.2, -0.15) is 4.98 Å². The van der Waals surface area contributed by atoms with Crippen LogP contribution in [-0.2, 0) is 0 Å². The number of hydrogen-bond donors (Lipinski definition) is 1. The maximum Gasteiger partial charge on any atom is 0.270 e. The number of nitrogens with one attached hydrogen (secondary N) is 1. The van der Waals surface area contributed by atoms with Crippen molar-refractivity contribution in [3.8, 4) is 27.9 Å². The highest BCUT2D eigenvalue weighted by Crippen LogP contribution is 2.33. The van der Waals surface area contributed by atoms with Crippen LogP contribution in [0.1, 0.15) is 29.9 Å². The van der Waals surface area contributed by atoms with Crippen molar-refractivity contribution in [3.05, 3.63) is 65.6 Å². The molecule has 31 heavy (non-hydrogen) atoms. The number of carbonyl (C=O) groups is 1. The molecule has 0 spiro atoms. The van der Waals surface area contributed by atoms with E-state index in [-0.39, 0.29) is 23.7 Å². The monoisotopic (exact) mass is 438 g/mol. The summed E-state index contributed by atoms with van der Waals surface area (Å²) in [5.74, 6) is 0.705. The van der Waals surface area contributed by atoms with E-state index in [4.69, 9.17) is 9.26 Å². The minimum atomic E-state index is -0.340. The first kappa shape index (κ1) is 20.7. The number of benzene rings is 2. The van der Waals surface area contributed by atoms with Crippen LogP contribution < -0.4 is 10.1 Å². The zero-order valence-electron chi connectivity index (χ0n) is 17.0. The number of aryl methyl sites for hydroxylation is 1. The molecule has 0 unspecified atom stereocenters. The lowest BCUT2D eigenvalue weighted by Crippen LogP contribution is -2.12. The summed E-state index contributed by atoms with van der Waals surface area (Å²) in [4.78, 5) is 22.0. The van der Waals surface area contributed by atoms with Crippen LogP contribution in [0.3, 0.4) is 0 Å². The molecular formula is C22H19FN4O3S. The lowest BCUT2D eigenvalue weighted by atomic mass is 10.2. The number of anilines is 1. The summed E-state index contributed by atoms with van der Waals surface area (Å²) >= 11 is 1.23. The van der Waals surface area contributed by atoms with Crippen LogP contribution in [0.4, 0.5) is 9.52 Å². The summed E-state index contributed by atoms with van der Waals surface area (Å²) in [5.41, 5.74) is 1.77. The summed E-state index contributed by atoms with van der Waals surface area (Å²) in [5, 5.41) is 7.16. The van der Waals surface area contributed by atoms with E-state index in [0.29, 0.717) is 38.4 Å². The topological polar surface area (TPSA) is 90.1 Å². The second-order valence-corrected chi connectivity index (χ2v) is 8.01. The maximum absolute atomic E-state index is 13.1. The van der Waals surface area contributed by atoms with Crippen LogP contribution in [0.15, 0.2) is 53.1 Å². The SMILES string of the molecule is Cc1nc(NC(=O)c2ccc(OC(C)C)cc2)sc1-c1nc(-c2ccc(F)cc2)no1. The number of halogens is 1. The van der Waals surface area contributed by atoms with E-state index >= 15 is 0 Å². The molecule has 2 aromatic heterocycles. The summed E-state index contributed by atoms with van der Waals surface area (Å²) in [6.45, 7) is 5.67. The van der Waals surface area contributed by atoms with Gasteiger partial charge in [-0.1, -0.05) is 16.5 Å².